The Kier molecular flexibility index (Phi) is 8.04. The van der Waals surface area contributed by atoms with Crippen LogP contribution in [-0.2, 0) is 5.41 Å². The van der Waals surface area contributed by atoms with Crippen LogP contribution in [0.5, 0.6) is 0 Å². The average Bonchev–Trinajstić information content (AvgIpc) is 3.62. The minimum Gasteiger partial charge on any atom is -0.228 e. The molecule has 0 unspecified atom stereocenters. The van der Waals surface area contributed by atoms with Gasteiger partial charge in [-0.1, -0.05) is 206 Å². The average molecular weight is 781 g/mol. The lowest BCUT2D eigenvalue weighted by atomic mass is 9.67. The van der Waals surface area contributed by atoms with Gasteiger partial charge in [0.15, 0.2) is 5.82 Å². The van der Waals surface area contributed by atoms with Crippen LogP contribution in [0.25, 0.3) is 78.1 Å². The van der Waals surface area contributed by atoms with E-state index in [4.69, 9.17) is 9.97 Å². The first-order valence-corrected chi connectivity index (χ1v) is 21.3. The highest BCUT2D eigenvalue weighted by atomic mass is 32.2. The van der Waals surface area contributed by atoms with Crippen LogP contribution >= 0.6 is 11.8 Å². The van der Waals surface area contributed by atoms with Gasteiger partial charge in [0.25, 0.3) is 0 Å². The summed E-state index contributed by atoms with van der Waals surface area (Å²) in [4.78, 5) is 13.1. The van der Waals surface area contributed by atoms with Crippen LogP contribution < -0.4 is 0 Å². The first kappa shape index (κ1) is 34.7. The molecule has 60 heavy (non-hydrogen) atoms. The highest BCUT2D eigenvalue weighted by molar-refractivity contribution is 7.99. The Morgan fingerprint density at radius 2 is 0.833 bits per heavy atom. The number of nitrogens with zero attached hydrogens (tertiary/aromatic N) is 2. The van der Waals surface area contributed by atoms with Gasteiger partial charge in [0.1, 0.15) is 0 Å². The molecule has 1 aliphatic carbocycles. The Morgan fingerprint density at radius 3 is 1.58 bits per heavy atom. The van der Waals surface area contributed by atoms with Crippen molar-refractivity contribution < 1.29 is 0 Å². The van der Waals surface area contributed by atoms with Crippen LogP contribution in [0.4, 0.5) is 0 Å². The standard InChI is InChI=1S/C57H36N2S/c1-3-16-37(17-4-1)42-31-32-47(44-23-8-7-22-43(42)44)53-36-52(58-56(59-53)38-18-5-2-6-19-38)41-21-15-20-39(34-41)40-30-33-51-55(35-40)60-54-29-14-13-28-50(54)57(51)48-26-11-9-24-45(48)46-25-10-12-27-49(46)57/h1-36H. The molecule has 1 aliphatic heterocycles. The van der Waals surface area contributed by atoms with Gasteiger partial charge in [-0.3, -0.25) is 0 Å². The van der Waals surface area contributed by atoms with Gasteiger partial charge in [0.2, 0.25) is 0 Å². The number of hydrogen-bond donors (Lipinski definition) is 0. The molecule has 0 radical (unpaired) electrons. The summed E-state index contributed by atoms with van der Waals surface area (Å²) in [5.74, 6) is 0.705. The molecule has 2 heterocycles. The SMILES string of the molecule is c1ccc(-c2nc(-c3cccc(-c4ccc5c(c4)Sc4ccccc4C54c5ccccc5-c5ccccc54)c3)cc(-c3ccc(-c4ccccc4)c4ccccc34)n2)cc1. The summed E-state index contributed by atoms with van der Waals surface area (Å²) in [6.07, 6.45) is 0. The number of fused-ring (bicyclic) bond motifs is 10. The van der Waals surface area contributed by atoms with Crippen molar-refractivity contribution in [2.75, 3.05) is 0 Å². The van der Waals surface area contributed by atoms with Crippen molar-refractivity contribution in [3.05, 3.63) is 241 Å². The Morgan fingerprint density at radius 1 is 0.300 bits per heavy atom. The van der Waals surface area contributed by atoms with Gasteiger partial charge in [0.05, 0.1) is 16.8 Å². The molecule has 1 aromatic heterocycles. The van der Waals surface area contributed by atoms with Crippen LogP contribution in [0.2, 0.25) is 0 Å². The fraction of sp³-hybridized carbons (Fsp3) is 0.0175. The highest BCUT2D eigenvalue weighted by Crippen LogP contribution is 2.62. The third-order valence-corrected chi connectivity index (χ3v) is 13.5. The van der Waals surface area contributed by atoms with Gasteiger partial charge in [-0.15, -0.1) is 0 Å². The summed E-state index contributed by atoms with van der Waals surface area (Å²) in [6, 6.07) is 79.1. The van der Waals surface area contributed by atoms with Crippen LogP contribution in [-0.4, -0.2) is 9.97 Å². The fourth-order valence-electron chi connectivity index (χ4n) is 9.74. The normalized spacial score (nSPS) is 13.1. The molecule has 2 aliphatic rings. The summed E-state index contributed by atoms with van der Waals surface area (Å²) >= 11 is 1.88. The maximum Gasteiger partial charge on any atom is 0.160 e. The van der Waals surface area contributed by atoms with E-state index < -0.39 is 0 Å². The molecular formula is C57H36N2S. The van der Waals surface area contributed by atoms with Gasteiger partial charge in [0, 0.05) is 26.5 Å². The first-order valence-electron chi connectivity index (χ1n) is 20.5. The van der Waals surface area contributed by atoms with E-state index >= 15 is 0 Å². The molecule has 0 fully saturated rings. The molecule has 1 spiro atoms. The maximum absolute atomic E-state index is 5.25. The molecule has 0 saturated carbocycles. The van der Waals surface area contributed by atoms with Crippen LogP contribution in [0.15, 0.2) is 228 Å². The zero-order chi connectivity index (χ0) is 39.6. The third kappa shape index (κ3) is 5.36. The van der Waals surface area contributed by atoms with Gasteiger partial charge in [-0.2, -0.15) is 0 Å². The van der Waals surface area contributed by atoms with Crippen LogP contribution in [0.1, 0.15) is 22.3 Å². The number of aromatic nitrogens is 2. The van der Waals surface area contributed by atoms with Gasteiger partial charge in [-0.05, 0) is 90.7 Å². The lowest BCUT2D eigenvalue weighted by Gasteiger charge is -2.39. The minimum absolute atomic E-state index is 0.389. The van der Waals surface area contributed by atoms with Crippen molar-refractivity contribution >= 4 is 22.5 Å². The molecule has 2 nitrogen and oxygen atoms in total. The Hall–Kier alpha value is -7.33. The molecule has 280 valence electrons. The van der Waals surface area contributed by atoms with Gasteiger partial charge in [-0.25, -0.2) is 9.97 Å². The van der Waals surface area contributed by atoms with Gasteiger partial charge < -0.3 is 0 Å². The van der Waals surface area contributed by atoms with E-state index in [-0.39, 0.29) is 5.41 Å². The summed E-state index contributed by atoms with van der Waals surface area (Å²) in [5.41, 5.74) is 17.3. The minimum atomic E-state index is -0.389. The topological polar surface area (TPSA) is 25.8 Å². The quantitative estimate of drug-likeness (QED) is 0.174. The van der Waals surface area contributed by atoms with E-state index in [1.165, 1.54) is 65.2 Å². The largest absolute Gasteiger partial charge is 0.228 e. The van der Waals surface area contributed by atoms with Crippen molar-refractivity contribution in [2.45, 2.75) is 15.2 Å². The number of hydrogen-bond acceptors (Lipinski definition) is 3. The zero-order valence-corrected chi connectivity index (χ0v) is 33.4. The molecule has 9 aromatic carbocycles. The highest BCUT2D eigenvalue weighted by Gasteiger charge is 2.50. The van der Waals surface area contributed by atoms with E-state index in [1.807, 2.05) is 17.8 Å². The monoisotopic (exact) mass is 780 g/mol. The molecule has 0 N–H and O–H groups in total. The Labute approximate surface area is 353 Å². The van der Waals surface area contributed by atoms with E-state index in [0.29, 0.717) is 5.82 Å². The lowest BCUT2D eigenvalue weighted by molar-refractivity contribution is 0.722. The van der Waals surface area contributed by atoms with Crippen LogP contribution in [0, 0.1) is 0 Å². The number of benzene rings is 9. The Bertz CT molecular complexity index is 3250. The molecule has 0 amide bonds. The second kappa shape index (κ2) is 13.9. The maximum atomic E-state index is 5.25. The van der Waals surface area contributed by atoms with Crippen LogP contribution in [0.3, 0.4) is 0 Å². The molecule has 10 aromatic rings. The van der Waals surface area contributed by atoms with Crippen molar-refractivity contribution in [1.82, 2.24) is 9.97 Å². The van der Waals surface area contributed by atoms with Crippen molar-refractivity contribution in [3.63, 3.8) is 0 Å². The molecule has 3 heteroatoms. The zero-order valence-electron chi connectivity index (χ0n) is 32.6. The molecular weight excluding hydrogens is 745 g/mol. The number of rotatable bonds is 5. The summed E-state index contributed by atoms with van der Waals surface area (Å²) in [6.45, 7) is 0. The Balaban J connectivity index is 1.00. The smallest absolute Gasteiger partial charge is 0.160 e. The lowest BCUT2D eigenvalue weighted by Crippen LogP contribution is -2.31. The molecule has 12 rings (SSSR count). The van der Waals surface area contributed by atoms with Crippen molar-refractivity contribution in [1.29, 1.82) is 0 Å². The predicted octanol–water partition coefficient (Wildman–Crippen LogP) is 14.8. The first-order chi connectivity index (χ1) is 29.7. The fourth-order valence-corrected chi connectivity index (χ4v) is 11.0. The third-order valence-electron chi connectivity index (χ3n) is 12.4. The van der Waals surface area contributed by atoms with E-state index in [0.717, 1.165) is 39.0 Å². The summed E-state index contributed by atoms with van der Waals surface area (Å²) < 4.78 is 0. The van der Waals surface area contributed by atoms with E-state index in [9.17, 15) is 0 Å². The second-order valence-corrected chi connectivity index (χ2v) is 16.7. The van der Waals surface area contributed by atoms with Crippen molar-refractivity contribution in [3.8, 4) is 67.3 Å². The molecule has 0 saturated heterocycles. The van der Waals surface area contributed by atoms with Crippen molar-refractivity contribution in [2.24, 2.45) is 0 Å². The second-order valence-electron chi connectivity index (χ2n) is 15.6. The predicted molar refractivity (Wildman–Crippen MR) is 248 cm³/mol. The summed E-state index contributed by atoms with van der Waals surface area (Å²) in [7, 11) is 0. The molecule has 0 bridgehead atoms. The molecule has 0 atom stereocenters. The van der Waals surface area contributed by atoms with Gasteiger partial charge >= 0.3 is 0 Å². The van der Waals surface area contributed by atoms with E-state index in [2.05, 4.69) is 212 Å². The summed E-state index contributed by atoms with van der Waals surface area (Å²) in [5, 5.41) is 2.36. The van der Waals surface area contributed by atoms with E-state index in [1.54, 1.807) is 0 Å².